The van der Waals surface area contributed by atoms with Gasteiger partial charge in [-0.2, -0.15) is 5.26 Å². The first kappa shape index (κ1) is 21.2. The smallest absolute Gasteiger partial charge is 0.311 e. The monoisotopic (exact) mass is 433 g/mol. The summed E-state index contributed by atoms with van der Waals surface area (Å²) in [6, 6.07) is 14.5. The highest BCUT2D eigenvalue weighted by atomic mass is 35.5. The summed E-state index contributed by atoms with van der Waals surface area (Å²) in [5.74, 6) is -1.39. The third-order valence-electron chi connectivity index (χ3n) is 5.05. The van der Waals surface area contributed by atoms with E-state index in [0.29, 0.717) is 11.3 Å². The van der Waals surface area contributed by atoms with Gasteiger partial charge in [0.15, 0.2) is 11.6 Å². The first-order valence-electron chi connectivity index (χ1n) is 8.89. The zero-order valence-electron chi connectivity index (χ0n) is 15.7. The van der Waals surface area contributed by atoms with Gasteiger partial charge >= 0.3 is 5.97 Å². The van der Waals surface area contributed by atoms with Crippen LogP contribution in [0.5, 0.6) is 11.5 Å². The van der Waals surface area contributed by atoms with Gasteiger partial charge in [0.05, 0.1) is 5.92 Å². The molecule has 1 aliphatic carbocycles. The molecular weight excluding hydrogens is 416 g/mol. The van der Waals surface area contributed by atoms with E-state index in [0.717, 1.165) is 0 Å². The fourth-order valence-electron chi connectivity index (χ4n) is 3.31. The van der Waals surface area contributed by atoms with Crippen molar-refractivity contribution in [3.05, 3.63) is 70.5 Å². The fraction of sp³-hybridized carbons (Fsp3) is 0.273. The van der Waals surface area contributed by atoms with Crippen LogP contribution in [0.25, 0.3) is 0 Å². The maximum absolute atomic E-state index is 14.2. The van der Waals surface area contributed by atoms with Gasteiger partial charge in [-0.05, 0) is 41.7 Å². The highest BCUT2D eigenvalue weighted by Gasteiger charge is 2.62. The maximum atomic E-state index is 14.2. The Morgan fingerprint density at radius 1 is 1.24 bits per heavy atom. The largest absolute Gasteiger partial charge is 0.454 e. The lowest BCUT2D eigenvalue weighted by Crippen LogP contribution is -2.14. The quantitative estimate of drug-likeness (QED) is 0.500. The van der Waals surface area contributed by atoms with E-state index in [2.05, 4.69) is 0 Å². The summed E-state index contributed by atoms with van der Waals surface area (Å²) in [6.07, 6.45) is 0.397. The number of ether oxygens (including phenoxy) is 2. The minimum absolute atomic E-state index is 0.0634. The first-order valence-corrected chi connectivity index (χ1v) is 9.65. The Hall–Kier alpha value is -2.55. The summed E-state index contributed by atoms with van der Waals surface area (Å²) in [4.78, 5) is 12.6. The zero-order chi connectivity index (χ0) is 21.2. The van der Waals surface area contributed by atoms with E-state index in [4.69, 9.17) is 32.7 Å². The van der Waals surface area contributed by atoms with Gasteiger partial charge in [-0.15, -0.1) is 0 Å². The van der Waals surface area contributed by atoms with Crippen molar-refractivity contribution < 1.29 is 18.7 Å². The highest BCUT2D eigenvalue weighted by Crippen LogP contribution is 2.60. The summed E-state index contributed by atoms with van der Waals surface area (Å²) in [7, 11) is 0. The molecule has 3 rings (SSSR count). The summed E-state index contributed by atoms with van der Waals surface area (Å²) >= 11 is 11.4. The predicted molar refractivity (Wildman–Crippen MR) is 108 cm³/mol. The number of hydrogen-bond donors (Lipinski definition) is 0. The van der Waals surface area contributed by atoms with Crippen molar-refractivity contribution in [3.63, 3.8) is 0 Å². The number of carbonyl (C=O) groups excluding carboxylic acids is 1. The third-order valence-corrected chi connectivity index (χ3v) is 5.30. The molecule has 1 fully saturated rings. The van der Waals surface area contributed by atoms with E-state index in [1.165, 1.54) is 18.2 Å². The minimum Gasteiger partial charge on any atom is -0.454 e. The lowest BCUT2D eigenvalue weighted by atomic mass is 10.1. The van der Waals surface area contributed by atoms with Crippen molar-refractivity contribution in [2.45, 2.75) is 20.0 Å². The van der Waals surface area contributed by atoms with Crippen LogP contribution < -0.4 is 4.74 Å². The second-order valence-corrected chi connectivity index (χ2v) is 8.34. The molecule has 2 aromatic carbocycles. The molecule has 0 heterocycles. The van der Waals surface area contributed by atoms with E-state index in [1.807, 2.05) is 26.0 Å². The van der Waals surface area contributed by atoms with Crippen LogP contribution in [-0.2, 0) is 9.53 Å². The summed E-state index contributed by atoms with van der Waals surface area (Å²) < 4.78 is 25.2. The van der Waals surface area contributed by atoms with Gasteiger partial charge in [-0.1, -0.05) is 61.3 Å². The van der Waals surface area contributed by atoms with E-state index >= 15 is 0 Å². The Kier molecular flexibility index (Phi) is 6.16. The number of halogens is 3. The van der Waals surface area contributed by atoms with Gasteiger partial charge < -0.3 is 9.47 Å². The molecule has 0 bridgehead atoms. The van der Waals surface area contributed by atoms with E-state index in [-0.39, 0.29) is 21.6 Å². The molecule has 0 aliphatic heterocycles. The maximum Gasteiger partial charge on any atom is 0.311 e. The van der Waals surface area contributed by atoms with Gasteiger partial charge in [-0.3, -0.25) is 4.79 Å². The van der Waals surface area contributed by atoms with Gasteiger partial charge in [0.25, 0.3) is 0 Å². The predicted octanol–water partition coefficient (Wildman–Crippen LogP) is 6.32. The first-order chi connectivity index (χ1) is 13.7. The molecule has 150 valence electrons. The molecule has 2 aromatic rings. The molecule has 0 spiro atoms. The van der Waals surface area contributed by atoms with Gasteiger partial charge in [0.2, 0.25) is 6.10 Å². The second-order valence-electron chi connectivity index (χ2n) is 7.33. The van der Waals surface area contributed by atoms with Gasteiger partial charge in [-0.25, -0.2) is 4.39 Å². The third kappa shape index (κ3) is 4.72. The normalized spacial score (nSPS) is 20.1. The molecule has 1 aliphatic rings. The van der Waals surface area contributed by atoms with Crippen LogP contribution in [0.3, 0.4) is 0 Å². The van der Waals surface area contributed by atoms with Crippen LogP contribution in [0.1, 0.15) is 25.5 Å². The molecule has 0 unspecified atom stereocenters. The van der Waals surface area contributed by atoms with Crippen molar-refractivity contribution >= 4 is 29.2 Å². The van der Waals surface area contributed by atoms with Crippen LogP contribution in [0.2, 0.25) is 0 Å². The molecule has 0 amide bonds. The Morgan fingerprint density at radius 3 is 2.55 bits per heavy atom. The number of carbonyl (C=O) groups is 1. The molecular formula is C22H18Cl2FNO3. The van der Waals surface area contributed by atoms with Gasteiger partial charge in [0.1, 0.15) is 16.3 Å². The molecule has 0 radical (unpaired) electrons. The Balaban J connectivity index is 1.77. The molecule has 0 aromatic heterocycles. The number of esters is 1. The molecule has 0 saturated heterocycles. The number of benzene rings is 2. The summed E-state index contributed by atoms with van der Waals surface area (Å²) in [6.45, 7) is 3.78. The molecule has 7 heteroatoms. The lowest BCUT2D eigenvalue weighted by molar-refractivity contribution is -0.149. The topological polar surface area (TPSA) is 59.3 Å². The van der Waals surface area contributed by atoms with E-state index < -0.39 is 23.8 Å². The number of rotatable bonds is 6. The molecule has 1 saturated carbocycles. The van der Waals surface area contributed by atoms with Crippen LogP contribution in [0, 0.1) is 34.4 Å². The van der Waals surface area contributed by atoms with Crippen molar-refractivity contribution in [1.29, 1.82) is 5.26 Å². The number of nitrogens with zero attached hydrogens (tertiary/aromatic N) is 1. The van der Waals surface area contributed by atoms with Crippen molar-refractivity contribution in [2.24, 2.45) is 17.3 Å². The van der Waals surface area contributed by atoms with Crippen LogP contribution in [0.15, 0.2) is 59.1 Å². The Morgan fingerprint density at radius 2 is 1.93 bits per heavy atom. The highest BCUT2D eigenvalue weighted by molar-refractivity contribution is 6.55. The number of para-hydroxylation sites is 1. The van der Waals surface area contributed by atoms with E-state index in [9.17, 15) is 14.4 Å². The number of hydrogen-bond acceptors (Lipinski definition) is 4. The molecule has 4 nitrogen and oxygen atoms in total. The van der Waals surface area contributed by atoms with E-state index in [1.54, 1.807) is 30.3 Å². The fourth-order valence-corrected chi connectivity index (χ4v) is 3.58. The summed E-state index contributed by atoms with van der Waals surface area (Å²) in [5.41, 5.74) is -0.0645. The standard InChI is InChI=1S/C22H18Cl2FNO3/c1-22(2)15(11-19(23)24)20(22)21(27)29-18(12-26)13-8-9-16(25)17(10-13)28-14-6-4-3-5-7-14/h3-11,15,18,20H,1-2H3/t15-,18-,20+/m1/s1. The lowest BCUT2D eigenvalue weighted by Gasteiger charge is -2.14. The van der Waals surface area contributed by atoms with Crippen LogP contribution in [-0.4, -0.2) is 5.97 Å². The Bertz CT molecular complexity index is 981. The van der Waals surface area contributed by atoms with Crippen molar-refractivity contribution in [2.75, 3.05) is 0 Å². The summed E-state index contributed by atoms with van der Waals surface area (Å²) in [5, 5.41) is 9.51. The minimum atomic E-state index is -1.20. The van der Waals surface area contributed by atoms with Crippen molar-refractivity contribution in [1.82, 2.24) is 0 Å². The van der Waals surface area contributed by atoms with Crippen LogP contribution in [0.4, 0.5) is 4.39 Å². The van der Waals surface area contributed by atoms with Crippen molar-refractivity contribution in [3.8, 4) is 17.6 Å². The van der Waals surface area contributed by atoms with Crippen LogP contribution >= 0.6 is 23.2 Å². The number of nitriles is 1. The average molecular weight is 434 g/mol. The second kappa shape index (κ2) is 8.44. The average Bonchev–Trinajstić information content (AvgIpc) is 3.21. The number of allylic oxidation sites excluding steroid dienone is 1. The zero-order valence-corrected chi connectivity index (χ0v) is 17.2. The van der Waals surface area contributed by atoms with Gasteiger partial charge in [0, 0.05) is 5.56 Å². The Labute approximate surface area is 178 Å². The molecule has 3 atom stereocenters. The molecule has 0 N–H and O–H groups in total. The molecule has 29 heavy (non-hydrogen) atoms. The SMILES string of the molecule is CC1(C)[C@H](C=C(Cl)Cl)[C@H]1C(=O)O[C@H](C#N)c1ccc(F)c(Oc2ccccc2)c1.